The molecule has 1 saturated heterocycles. The number of alkyl halides is 3. The Kier molecular flexibility index (Phi) is 7.53. The van der Waals surface area contributed by atoms with Crippen LogP contribution in [0.5, 0.6) is 0 Å². The number of carbonyl (C=O) groups excluding carboxylic acids is 1. The van der Waals surface area contributed by atoms with Gasteiger partial charge in [0.1, 0.15) is 5.82 Å². The lowest BCUT2D eigenvalue weighted by molar-refractivity contribution is -0.223. The summed E-state index contributed by atoms with van der Waals surface area (Å²) >= 11 is 0. The summed E-state index contributed by atoms with van der Waals surface area (Å²) in [7, 11) is 0. The molecular weight excluding hydrogens is 477 g/mol. The van der Waals surface area contributed by atoms with Gasteiger partial charge in [0, 0.05) is 30.7 Å². The van der Waals surface area contributed by atoms with Gasteiger partial charge in [-0.3, -0.25) is 9.78 Å². The van der Waals surface area contributed by atoms with E-state index in [0.29, 0.717) is 36.6 Å². The molecule has 0 saturated carbocycles. The molecule has 2 atom stereocenters. The molecule has 4 rings (SSSR count). The van der Waals surface area contributed by atoms with Crippen molar-refractivity contribution in [2.45, 2.75) is 32.7 Å². The van der Waals surface area contributed by atoms with E-state index in [1.807, 2.05) is 4.90 Å². The molecule has 11 heteroatoms. The zero-order valence-corrected chi connectivity index (χ0v) is 19.6. The number of anilines is 2. The number of carbonyl (C=O) groups is 1. The quantitative estimate of drug-likeness (QED) is 0.401. The summed E-state index contributed by atoms with van der Waals surface area (Å²) < 4.78 is 53.0. The fourth-order valence-electron chi connectivity index (χ4n) is 3.95. The highest BCUT2D eigenvalue weighted by Gasteiger charge is 2.43. The molecule has 1 fully saturated rings. The molecule has 1 amide bonds. The Labute approximate surface area is 205 Å². The summed E-state index contributed by atoms with van der Waals surface area (Å²) in [5.41, 5.74) is 1.46. The SMILES string of the molecule is Cc1ccc(N(C(=O)c2ccncc2)C(F)(F)F)cc1-c1ccnc(N2CCOC(OC(C)O)C2)c1. The highest BCUT2D eigenvalue weighted by atomic mass is 19.4. The van der Waals surface area contributed by atoms with Crippen LogP contribution in [-0.2, 0) is 9.47 Å². The Morgan fingerprint density at radius 3 is 2.64 bits per heavy atom. The second-order valence-corrected chi connectivity index (χ2v) is 8.23. The van der Waals surface area contributed by atoms with Gasteiger partial charge in [-0.25, -0.2) is 9.88 Å². The highest BCUT2D eigenvalue weighted by Crippen LogP contribution is 2.35. The molecule has 36 heavy (non-hydrogen) atoms. The van der Waals surface area contributed by atoms with E-state index in [2.05, 4.69) is 9.97 Å². The molecule has 1 aromatic carbocycles. The molecule has 2 unspecified atom stereocenters. The van der Waals surface area contributed by atoms with Crippen LogP contribution in [0, 0.1) is 6.92 Å². The van der Waals surface area contributed by atoms with Crippen molar-refractivity contribution >= 4 is 17.4 Å². The summed E-state index contributed by atoms with van der Waals surface area (Å²) in [6.45, 7) is 4.47. The number of benzene rings is 1. The molecule has 0 bridgehead atoms. The number of nitrogens with zero attached hydrogens (tertiary/aromatic N) is 4. The van der Waals surface area contributed by atoms with Crippen molar-refractivity contribution in [2.75, 3.05) is 29.5 Å². The predicted molar refractivity (Wildman–Crippen MR) is 126 cm³/mol. The van der Waals surface area contributed by atoms with Crippen molar-refractivity contribution in [3.63, 3.8) is 0 Å². The van der Waals surface area contributed by atoms with Crippen molar-refractivity contribution in [3.05, 3.63) is 72.2 Å². The fourth-order valence-corrected chi connectivity index (χ4v) is 3.95. The van der Waals surface area contributed by atoms with Crippen molar-refractivity contribution < 1.29 is 32.5 Å². The largest absolute Gasteiger partial charge is 0.491 e. The summed E-state index contributed by atoms with van der Waals surface area (Å²) in [6.07, 6.45) is -2.48. The van der Waals surface area contributed by atoms with Crippen LogP contribution in [0.3, 0.4) is 0 Å². The first-order valence-corrected chi connectivity index (χ1v) is 11.2. The van der Waals surface area contributed by atoms with Gasteiger partial charge in [-0.15, -0.1) is 13.2 Å². The van der Waals surface area contributed by atoms with Crippen molar-refractivity contribution in [1.29, 1.82) is 0 Å². The number of pyridine rings is 2. The number of aliphatic hydroxyl groups is 1. The lowest BCUT2D eigenvalue weighted by atomic mass is 10.00. The lowest BCUT2D eigenvalue weighted by Crippen LogP contribution is -2.45. The van der Waals surface area contributed by atoms with Crippen LogP contribution in [-0.4, -0.2) is 59.6 Å². The van der Waals surface area contributed by atoms with E-state index >= 15 is 0 Å². The number of hydrogen-bond donors (Lipinski definition) is 1. The predicted octanol–water partition coefficient (Wildman–Crippen LogP) is 4.14. The van der Waals surface area contributed by atoms with Crippen LogP contribution in [0.4, 0.5) is 24.7 Å². The normalized spacial score (nSPS) is 17.1. The Balaban J connectivity index is 1.67. The Bertz CT molecular complexity index is 1210. The number of halogens is 3. The number of rotatable bonds is 6. The van der Waals surface area contributed by atoms with Crippen LogP contribution >= 0.6 is 0 Å². The first-order chi connectivity index (χ1) is 17.1. The summed E-state index contributed by atoms with van der Waals surface area (Å²) in [6, 6.07) is 10.1. The summed E-state index contributed by atoms with van der Waals surface area (Å²) in [5, 5.41) is 9.48. The molecular formula is C25H25F3N4O4. The average Bonchev–Trinajstić information content (AvgIpc) is 2.85. The highest BCUT2D eigenvalue weighted by molar-refractivity contribution is 6.06. The first kappa shape index (κ1) is 25.5. The van der Waals surface area contributed by atoms with Crippen molar-refractivity contribution in [3.8, 4) is 11.1 Å². The molecule has 8 nitrogen and oxygen atoms in total. The minimum Gasteiger partial charge on any atom is -0.368 e. The van der Waals surface area contributed by atoms with Crippen LogP contribution in [0.2, 0.25) is 0 Å². The average molecular weight is 502 g/mol. The maximum absolute atomic E-state index is 14.0. The van der Waals surface area contributed by atoms with Crippen molar-refractivity contribution in [1.82, 2.24) is 9.97 Å². The van der Waals surface area contributed by atoms with Gasteiger partial charge in [-0.05, 0) is 66.9 Å². The van der Waals surface area contributed by atoms with E-state index < -0.39 is 24.8 Å². The van der Waals surface area contributed by atoms with Crippen LogP contribution in [0.15, 0.2) is 61.1 Å². The van der Waals surface area contributed by atoms with E-state index in [1.54, 1.807) is 31.3 Å². The molecule has 3 heterocycles. The molecule has 190 valence electrons. The molecule has 0 aliphatic carbocycles. The number of ether oxygens (including phenoxy) is 2. The minimum absolute atomic E-state index is 0.128. The maximum Gasteiger partial charge on any atom is 0.491 e. The number of aromatic nitrogens is 2. The third-order valence-electron chi connectivity index (χ3n) is 5.63. The standard InChI is InChI=1S/C25H25F3N4O4/c1-16-3-4-20(32(25(26,27)28)24(34)18-5-8-29-9-6-18)14-21(16)19-7-10-30-22(13-19)31-11-12-35-23(15-31)36-17(2)33/h3-10,13-14,17,23,33H,11-12,15H2,1-2H3. The van der Waals surface area contributed by atoms with Gasteiger partial charge in [-0.2, -0.15) is 0 Å². The number of amides is 1. The molecule has 1 aliphatic heterocycles. The number of aryl methyl sites for hydroxylation is 1. The summed E-state index contributed by atoms with van der Waals surface area (Å²) in [4.78, 5) is 22.7. The summed E-state index contributed by atoms with van der Waals surface area (Å²) in [5.74, 6) is -0.618. The molecule has 2 aromatic heterocycles. The molecule has 0 spiro atoms. The minimum atomic E-state index is -4.94. The smallest absolute Gasteiger partial charge is 0.368 e. The van der Waals surface area contributed by atoms with E-state index in [-0.39, 0.29) is 16.2 Å². The monoisotopic (exact) mass is 502 g/mol. The van der Waals surface area contributed by atoms with E-state index in [4.69, 9.17) is 9.47 Å². The van der Waals surface area contributed by atoms with Gasteiger partial charge in [-0.1, -0.05) is 6.07 Å². The van der Waals surface area contributed by atoms with Gasteiger partial charge in [0.15, 0.2) is 12.6 Å². The van der Waals surface area contributed by atoms with Gasteiger partial charge in [0.25, 0.3) is 5.91 Å². The zero-order chi connectivity index (χ0) is 25.9. The van der Waals surface area contributed by atoms with Crippen LogP contribution in [0.1, 0.15) is 22.8 Å². The first-order valence-electron chi connectivity index (χ1n) is 11.2. The van der Waals surface area contributed by atoms with Gasteiger partial charge in [0.2, 0.25) is 0 Å². The number of morpholine rings is 1. The van der Waals surface area contributed by atoms with Gasteiger partial charge in [0.05, 0.1) is 18.8 Å². The maximum atomic E-state index is 14.0. The number of hydrogen-bond acceptors (Lipinski definition) is 7. The fraction of sp³-hybridized carbons (Fsp3) is 0.320. The second kappa shape index (κ2) is 10.6. The molecule has 1 aliphatic rings. The zero-order valence-electron chi connectivity index (χ0n) is 19.6. The van der Waals surface area contributed by atoms with Crippen LogP contribution in [0.25, 0.3) is 11.1 Å². The van der Waals surface area contributed by atoms with E-state index in [9.17, 15) is 23.1 Å². The molecule has 1 N–H and O–H groups in total. The Morgan fingerprint density at radius 2 is 1.94 bits per heavy atom. The lowest BCUT2D eigenvalue weighted by Gasteiger charge is -2.34. The second-order valence-electron chi connectivity index (χ2n) is 8.23. The Hall–Kier alpha value is -3.54. The van der Waals surface area contributed by atoms with Crippen molar-refractivity contribution in [2.24, 2.45) is 0 Å². The van der Waals surface area contributed by atoms with E-state index in [0.717, 1.165) is 5.56 Å². The van der Waals surface area contributed by atoms with Crippen LogP contribution < -0.4 is 9.80 Å². The topological polar surface area (TPSA) is 88.0 Å². The van der Waals surface area contributed by atoms with E-state index in [1.165, 1.54) is 43.6 Å². The van der Waals surface area contributed by atoms with Gasteiger partial charge >= 0.3 is 6.30 Å². The molecule has 3 aromatic rings. The number of aliphatic hydroxyl groups excluding tert-OH is 1. The van der Waals surface area contributed by atoms with Gasteiger partial charge < -0.3 is 19.5 Å². The Morgan fingerprint density at radius 1 is 1.19 bits per heavy atom. The third kappa shape index (κ3) is 5.81. The molecule has 0 radical (unpaired) electrons. The third-order valence-corrected chi connectivity index (χ3v) is 5.63.